The van der Waals surface area contributed by atoms with Crippen LogP contribution in [0, 0.1) is 5.92 Å². The van der Waals surface area contributed by atoms with E-state index in [0.29, 0.717) is 0 Å². The Bertz CT molecular complexity index is 543. The number of aryl methyl sites for hydroxylation is 1. The first-order valence-electron chi connectivity index (χ1n) is 9.36. The molecule has 0 spiro atoms. The SMILES string of the molecule is CCn1cc(NC(=O)C2CCN(CC3(O)CCCCC3)CC2)cn1. The molecule has 6 heteroatoms. The van der Waals surface area contributed by atoms with Crippen molar-refractivity contribution < 1.29 is 9.90 Å². The smallest absolute Gasteiger partial charge is 0.227 e. The summed E-state index contributed by atoms with van der Waals surface area (Å²) in [5.41, 5.74) is 0.281. The molecule has 2 N–H and O–H groups in total. The third kappa shape index (κ3) is 4.36. The minimum Gasteiger partial charge on any atom is -0.389 e. The van der Waals surface area contributed by atoms with Gasteiger partial charge in [0.2, 0.25) is 5.91 Å². The van der Waals surface area contributed by atoms with Crippen LogP contribution in [0.25, 0.3) is 0 Å². The van der Waals surface area contributed by atoms with Gasteiger partial charge in [0.1, 0.15) is 0 Å². The maximum Gasteiger partial charge on any atom is 0.227 e. The Balaban J connectivity index is 1.45. The van der Waals surface area contributed by atoms with Crippen LogP contribution in [0.5, 0.6) is 0 Å². The summed E-state index contributed by atoms with van der Waals surface area (Å²) in [6.07, 6.45) is 10.7. The van der Waals surface area contributed by atoms with Crippen LogP contribution in [-0.4, -0.2) is 50.9 Å². The van der Waals surface area contributed by atoms with Crippen molar-refractivity contribution in [2.75, 3.05) is 25.0 Å². The Labute approximate surface area is 144 Å². The number of likely N-dealkylation sites (tertiary alicyclic amines) is 1. The Morgan fingerprint density at radius 2 is 2.04 bits per heavy atom. The van der Waals surface area contributed by atoms with Crippen LogP contribution in [0.2, 0.25) is 0 Å². The van der Waals surface area contributed by atoms with Gasteiger partial charge in [-0.05, 0) is 45.7 Å². The maximum absolute atomic E-state index is 12.4. The fourth-order valence-corrected chi connectivity index (χ4v) is 3.98. The number of aliphatic hydroxyl groups is 1. The third-order valence-corrected chi connectivity index (χ3v) is 5.49. The maximum atomic E-state index is 12.4. The molecule has 0 radical (unpaired) electrons. The largest absolute Gasteiger partial charge is 0.389 e. The van der Waals surface area contributed by atoms with E-state index in [0.717, 1.165) is 70.4 Å². The van der Waals surface area contributed by atoms with E-state index in [9.17, 15) is 9.90 Å². The van der Waals surface area contributed by atoms with Crippen molar-refractivity contribution in [2.24, 2.45) is 5.92 Å². The highest BCUT2D eigenvalue weighted by Gasteiger charge is 2.33. The molecule has 3 rings (SSSR count). The van der Waals surface area contributed by atoms with E-state index in [1.54, 1.807) is 6.20 Å². The third-order valence-electron chi connectivity index (χ3n) is 5.49. The minimum atomic E-state index is -0.498. The second kappa shape index (κ2) is 7.66. The highest BCUT2D eigenvalue weighted by Crippen LogP contribution is 2.30. The number of aromatic nitrogens is 2. The van der Waals surface area contributed by atoms with Crippen LogP contribution in [0.15, 0.2) is 12.4 Å². The molecule has 1 saturated heterocycles. The molecule has 0 atom stereocenters. The van der Waals surface area contributed by atoms with Crippen LogP contribution < -0.4 is 5.32 Å². The summed E-state index contributed by atoms with van der Waals surface area (Å²) < 4.78 is 1.81. The van der Waals surface area contributed by atoms with Gasteiger partial charge in [-0.15, -0.1) is 0 Å². The zero-order chi connectivity index (χ0) is 17.0. The lowest BCUT2D eigenvalue weighted by molar-refractivity contribution is -0.121. The van der Waals surface area contributed by atoms with Crippen LogP contribution in [-0.2, 0) is 11.3 Å². The molecule has 1 aliphatic carbocycles. The number of β-amino-alcohol motifs (C(OH)–C–C–N with tert-alkyl or cyclic N) is 1. The van der Waals surface area contributed by atoms with Gasteiger partial charge in [0, 0.05) is 25.2 Å². The van der Waals surface area contributed by atoms with Crippen molar-refractivity contribution in [3.63, 3.8) is 0 Å². The second-order valence-corrected chi connectivity index (χ2v) is 7.41. The van der Waals surface area contributed by atoms with Gasteiger partial charge in [-0.1, -0.05) is 19.3 Å². The van der Waals surface area contributed by atoms with Crippen LogP contribution in [0.4, 0.5) is 5.69 Å². The summed E-state index contributed by atoms with van der Waals surface area (Å²) in [6.45, 7) is 5.39. The Morgan fingerprint density at radius 1 is 1.33 bits per heavy atom. The number of carbonyl (C=O) groups is 1. The van der Waals surface area contributed by atoms with Gasteiger partial charge in [-0.25, -0.2) is 0 Å². The van der Waals surface area contributed by atoms with Crippen molar-refractivity contribution >= 4 is 11.6 Å². The molecule has 2 fully saturated rings. The van der Waals surface area contributed by atoms with E-state index in [2.05, 4.69) is 15.3 Å². The van der Waals surface area contributed by atoms with Gasteiger partial charge in [-0.2, -0.15) is 5.10 Å². The van der Waals surface area contributed by atoms with Crippen molar-refractivity contribution in [3.05, 3.63) is 12.4 Å². The molecule has 1 aromatic rings. The number of anilines is 1. The van der Waals surface area contributed by atoms with Gasteiger partial charge in [0.05, 0.1) is 17.5 Å². The minimum absolute atomic E-state index is 0.0622. The predicted octanol–water partition coefficient (Wildman–Crippen LogP) is 2.25. The standard InChI is InChI=1S/C18H30N4O2/c1-2-22-13-16(12-19-22)20-17(23)15-6-10-21(11-7-15)14-18(24)8-4-3-5-9-18/h12-13,15,24H,2-11,14H2,1H3,(H,20,23). The highest BCUT2D eigenvalue weighted by atomic mass is 16.3. The number of nitrogens with one attached hydrogen (secondary N) is 1. The molecule has 2 aliphatic rings. The summed E-state index contributed by atoms with van der Waals surface area (Å²) in [5.74, 6) is 0.161. The van der Waals surface area contributed by atoms with E-state index >= 15 is 0 Å². The fraction of sp³-hybridized carbons (Fsp3) is 0.778. The molecule has 1 amide bonds. The van der Waals surface area contributed by atoms with Gasteiger partial charge in [0.25, 0.3) is 0 Å². The average molecular weight is 334 g/mol. The average Bonchev–Trinajstić information content (AvgIpc) is 3.03. The molecule has 1 saturated carbocycles. The van der Waals surface area contributed by atoms with E-state index in [1.165, 1.54) is 6.42 Å². The van der Waals surface area contributed by atoms with Crippen LogP contribution >= 0.6 is 0 Å². The zero-order valence-electron chi connectivity index (χ0n) is 14.7. The monoisotopic (exact) mass is 334 g/mol. The van der Waals surface area contributed by atoms with E-state index in [-0.39, 0.29) is 11.8 Å². The first kappa shape index (κ1) is 17.4. The van der Waals surface area contributed by atoms with Crippen molar-refractivity contribution in [2.45, 2.75) is 64.0 Å². The summed E-state index contributed by atoms with van der Waals surface area (Å²) in [5, 5.41) is 17.9. The van der Waals surface area contributed by atoms with Crippen LogP contribution in [0.1, 0.15) is 51.9 Å². The van der Waals surface area contributed by atoms with Gasteiger partial charge < -0.3 is 15.3 Å². The number of amides is 1. The molecular formula is C18H30N4O2. The van der Waals surface area contributed by atoms with Gasteiger partial charge in [0.15, 0.2) is 0 Å². The number of hydrogen-bond acceptors (Lipinski definition) is 4. The molecule has 0 aromatic carbocycles. The van der Waals surface area contributed by atoms with E-state index in [4.69, 9.17) is 0 Å². The lowest BCUT2D eigenvalue weighted by Gasteiger charge is -2.39. The predicted molar refractivity (Wildman–Crippen MR) is 93.7 cm³/mol. The Hall–Kier alpha value is -1.40. The summed E-state index contributed by atoms with van der Waals surface area (Å²) >= 11 is 0. The zero-order valence-corrected chi connectivity index (χ0v) is 14.7. The fourth-order valence-electron chi connectivity index (χ4n) is 3.98. The lowest BCUT2D eigenvalue weighted by Crippen LogP contribution is -2.48. The number of carbonyl (C=O) groups excluding carboxylic acids is 1. The van der Waals surface area contributed by atoms with Gasteiger partial charge >= 0.3 is 0 Å². The van der Waals surface area contributed by atoms with Crippen molar-refractivity contribution in [1.82, 2.24) is 14.7 Å². The van der Waals surface area contributed by atoms with E-state index < -0.39 is 5.60 Å². The highest BCUT2D eigenvalue weighted by molar-refractivity contribution is 5.92. The van der Waals surface area contributed by atoms with Crippen molar-refractivity contribution in [3.8, 4) is 0 Å². The van der Waals surface area contributed by atoms with Gasteiger partial charge in [-0.3, -0.25) is 9.48 Å². The quantitative estimate of drug-likeness (QED) is 0.866. The number of nitrogens with zero attached hydrogens (tertiary/aromatic N) is 3. The first-order valence-corrected chi connectivity index (χ1v) is 9.36. The van der Waals surface area contributed by atoms with Crippen molar-refractivity contribution in [1.29, 1.82) is 0 Å². The van der Waals surface area contributed by atoms with Crippen LogP contribution in [0.3, 0.4) is 0 Å². The summed E-state index contributed by atoms with van der Waals surface area (Å²) in [4.78, 5) is 14.7. The molecule has 6 nitrogen and oxygen atoms in total. The molecule has 1 aliphatic heterocycles. The first-order chi connectivity index (χ1) is 11.6. The number of hydrogen-bond donors (Lipinski definition) is 2. The second-order valence-electron chi connectivity index (χ2n) is 7.41. The molecule has 24 heavy (non-hydrogen) atoms. The Kier molecular flexibility index (Phi) is 5.56. The normalized spacial score (nSPS) is 22.4. The molecule has 1 aromatic heterocycles. The molecular weight excluding hydrogens is 304 g/mol. The summed E-state index contributed by atoms with van der Waals surface area (Å²) in [6, 6.07) is 0. The topological polar surface area (TPSA) is 70.4 Å². The lowest BCUT2D eigenvalue weighted by atomic mass is 9.84. The molecule has 0 bridgehead atoms. The number of piperidine rings is 1. The Morgan fingerprint density at radius 3 is 2.67 bits per heavy atom. The summed E-state index contributed by atoms with van der Waals surface area (Å²) in [7, 11) is 0. The number of rotatable bonds is 5. The van der Waals surface area contributed by atoms with E-state index in [1.807, 2.05) is 17.8 Å². The molecule has 2 heterocycles. The molecule has 134 valence electrons. The molecule has 0 unspecified atom stereocenters.